The molecule has 0 atom stereocenters. The molecule has 0 bridgehead atoms. The van der Waals surface area contributed by atoms with Crippen LogP contribution in [0.2, 0.25) is 0 Å². The molecule has 2 amide bonds. The SMILES string of the molecule is Cc1cccc(OCCNC(=O)CCNC(=O)c2ccco2)c1. The molecule has 1 heterocycles. The van der Waals surface area contributed by atoms with Crippen LogP contribution >= 0.6 is 0 Å². The summed E-state index contributed by atoms with van der Waals surface area (Å²) in [5.41, 5.74) is 1.12. The fourth-order valence-electron chi connectivity index (χ4n) is 1.94. The highest BCUT2D eigenvalue weighted by atomic mass is 16.5. The van der Waals surface area contributed by atoms with Crippen LogP contribution < -0.4 is 15.4 Å². The molecular formula is C17H20N2O4. The fraction of sp³-hybridized carbons (Fsp3) is 0.294. The zero-order chi connectivity index (χ0) is 16.5. The number of hydrogen-bond acceptors (Lipinski definition) is 4. The van der Waals surface area contributed by atoms with Crippen molar-refractivity contribution in [2.75, 3.05) is 19.7 Å². The highest BCUT2D eigenvalue weighted by Crippen LogP contribution is 2.11. The number of rotatable bonds is 8. The van der Waals surface area contributed by atoms with Crippen LogP contribution in [0.4, 0.5) is 0 Å². The minimum absolute atomic E-state index is 0.141. The molecule has 2 rings (SSSR count). The maximum atomic E-state index is 11.6. The molecule has 2 N–H and O–H groups in total. The summed E-state index contributed by atoms with van der Waals surface area (Å²) in [7, 11) is 0. The molecule has 0 unspecified atom stereocenters. The van der Waals surface area contributed by atoms with Crippen LogP contribution in [0.15, 0.2) is 47.1 Å². The Labute approximate surface area is 134 Å². The van der Waals surface area contributed by atoms with Crippen LogP contribution in [0.1, 0.15) is 22.5 Å². The number of hydrogen-bond donors (Lipinski definition) is 2. The Morgan fingerprint density at radius 2 is 2.00 bits per heavy atom. The third-order valence-corrected chi connectivity index (χ3v) is 3.07. The first-order valence-corrected chi connectivity index (χ1v) is 7.43. The molecular weight excluding hydrogens is 296 g/mol. The Morgan fingerprint density at radius 3 is 2.74 bits per heavy atom. The molecule has 0 radical (unpaired) electrons. The van der Waals surface area contributed by atoms with Crippen molar-refractivity contribution in [2.45, 2.75) is 13.3 Å². The zero-order valence-corrected chi connectivity index (χ0v) is 13.0. The van der Waals surface area contributed by atoms with E-state index in [1.807, 2.05) is 31.2 Å². The number of benzene rings is 1. The second kappa shape index (κ2) is 8.63. The van der Waals surface area contributed by atoms with Gasteiger partial charge in [-0.1, -0.05) is 12.1 Å². The Bertz CT molecular complexity index is 638. The molecule has 0 saturated heterocycles. The third-order valence-electron chi connectivity index (χ3n) is 3.07. The van der Waals surface area contributed by atoms with Gasteiger partial charge in [0.1, 0.15) is 12.4 Å². The van der Waals surface area contributed by atoms with Gasteiger partial charge in [0, 0.05) is 13.0 Å². The van der Waals surface area contributed by atoms with Gasteiger partial charge in [-0.3, -0.25) is 9.59 Å². The van der Waals surface area contributed by atoms with Crippen LogP contribution in [-0.2, 0) is 4.79 Å². The standard InChI is InChI=1S/C17H20N2O4/c1-13-4-2-5-14(12-13)22-11-9-18-16(20)7-8-19-17(21)15-6-3-10-23-15/h2-6,10,12H,7-9,11H2,1H3,(H,18,20)(H,19,21). The molecule has 6 heteroatoms. The van der Waals surface area contributed by atoms with E-state index in [9.17, 15) is 9.59 Å². The van der Waals surface area contributed by atoms with Gasteiger partial charge in [0.05, 0.1) is 12.8 Å². The summed E-state index contributed by atoms with van der Waals surface area (Å²) in [5.74, 6) is 0.546. The molecule has 0 aliphatic heterocycles. The van der Waals surface area contributed by atoms with E-state index in [0.717, 1.165) is 11.3 Å². The quantitative estimate of drug-likeness (QED) is 0.729. The topological polar surface area (TPSA) is 80.6 Å². The number of furan rings is 1. The summed E-state index contributed by atoms with van der Waals surface area (Å²) in [6.07, 6.45) is 1.63. The maximum absolute atomic E-state index is 11.6. The summed E-state index contributed by atoms with van der Waals surface area (Å²) in [4.78, 5) is 23.2. The van der Waals surface area contributed by atoms with Crippen LogP contribution in [0.5, 0.6) is 5.75 Å². The number of carbonyl (C=O) groups excluding carboxylic acids is 2. The number of amides is 2. The van der Waals surface area contributed by atoms with E-state index >= 15 is 0 Å². The number of nitrogens with one attached hydrogen (secondary N) is 2. The summed E-state index contributed by atoms with van der Waals surface area (Å²) in [6, 6.07) is 10.9. The highest BCUT2D eigenvalue weighted by Gasteiger charge is 2.08. The van der Waals surface area contributed by atoms with Gasteiger partial charge in [-0.25, -0.2) is 0 Å². The van der Waals surface area contributed by atoms with Gasteiger partial charge < -0.3 is 19.8 Å². The first-order valence-electron chi connectivity index (χ1n) is 7.43. The normalized spacial score (nSPS) is 10.1. The number of ether oxygens (including phenoxy) is 1. The van der Waals surface area contributed by atoms with Crippen LogP contribution in [0.25, 0.3) is 0 Å². The number of aryl methyl sites for hydroxylation is 1. The predicted octanol–water partition coefficient (Wildman–Crippen LogP) is 1.90. The van der Waals surface area contributed by atoms with Gasteiger partial charge in [-0.2, -0.15) is 0 Å². The summed E-state index contributed by atoms with van der Waals surface area (Å²) >= 11 is 0. The lowest BCUT2D eigenvalue weighted by Gasteiger charge is -2.08. The monoisotopic (exact) mass is 316 g/mol. The lowest BCUT2D eigenvalue weighted by atomic mass is 10.2. The Hall–Kier alpha value is -2.76. The Morgan fingerprint density at radius 1 is 1.13 bits per heavy atom. The maximum Gasteiger partial charge on any atom is 0.286 e. The highest BCUT2D eigenvalue weighted by molar-refractivity contribution is 5.91. The van der Waals surface area contributed by atoms with Crippen molar-refractivity contribution in [3.8, 4) is 5.75 Å². The molecule has 6 nitrogen and oxygen atoms in total. The van der Waals surface area contributed by atoms with Gasteiger partial charge in [-0.05, 0) is 36.8 Å². The molecule has 23 heavy (non-hydrogen) atoms. The third kappa shape index (κ3) is 5.86. The van der Waals surface area contributed by atoms with E-state index in [1.165, 1.54) is 6.26 Å². The predicted molar refractivity (Wildman–Crippen MR) is 85.3 cm³/mol. The fourth-order valence-corrected chi connectivity index (χ4v) is 1.94. The van der Waals surface area contributed by atoms with Crippen molar-refractivity contribution in [1.82, 2.24) is 10.6 Å². The molecule has 122 valence electrons. The minimum atomic E-state index is -0.328. The number of carbonyl (C=O) groups is 2. The van der Waals surface area contributed by atoms with Gasteiger partial charge >= 0.3 is 0 Å². The smallest absolute Gasteiger partial charge is 0.286 e. The van der Waals surface area contributed by atoms with E-state index in [0.29, 0.717) is 13.2 Å². The average Bonchev–Trinajstić information content (AvgIpc) is 3.06. The molecule has 1 aromatic carbocycles. The van der Waals surface area contributed by atoms with Crippen molar-refractivity contribution < 1.29 is 18.7 Å². The summed E-state index contributed by atoms with van der Waals surface area (Å²) in [6.45, 7) is 3.06. The molecule has 2 aromatic rings. The van der Waals surface area contributed by atoms with E-state index in [1.54, 1.807) is 12.1 Å². The average molecular weight is 316 g/mol. The van der Waals surface area contributed by atoms with Crippen LogP contribution in [0, 0.1) is 6.92 Å². The second-order valence-corrected chi connectivity index (χ2v) is 5.00. The second-order valence-electron chi connectivity index (χ2n) is 5.00. The summed E-state index contributed by atoms with van der Waals surface area (Å²) in [5, 5.41) is 5.35. The van der Waals surface area contributed by atoms with Crippen LogP contribution in [-0.4, -0.2) is 31.5 Å². The van der Waals surface area contributed by atoms with Crippen molar-refractivity contribution in [3.05, 3.63) is 54.0 Å². The first-order chi connectivity index (χ1) is 11.1. The van der Waals surface area contributed by atoms with Crippen LogP contribution in [0.3, 0.4) is 0 Å². The van der Waals surface area contributed by atoms with Gasteiger partial charge in [0.2, 0.25) is 5.91 Å². The Kier molecular flexibility index (Phi) is 6.23. The Balaban J connectivity index is 1.56. The minimum Gasteiger partial charge on any atom is -0.492 e. The van der Waals surface area contributed by atoms with Crippen molar-refractivity contribution in [3.63, 3.8) is 0 Å². The van der Waals surface area contributed by atoms with Gasteiger partial charge in [0.25, 0.3) is 5.91 Å². The lowest BCUT2D eigenvalue weighted by molar-refractivity contribution is -0.121. The first kappa shape index (κ1) is 16.6. The molecule has 0 spiro atoms. The summed E-state index contributed by atoms with van der Waals surface area (Å²) < 4.78 is 10.5. The molecule has 0 fully saturated rings. The van der Waals surface area contributed by atoms with E-state index in [-0.39, 0.29) is 30.5 Å². The van der Waals surface area contributed by atoms with Crippen molar-refractivity contribution >= 4 is 11.8 Å². The zero-order valence-electron chi connectivity index (χ0n) is 13.0. The molecule has 0 aliphatic rings. The molecule has 0 saturated carbocycles. The van der Waals surface area contributed by atoms with Crippen molar-refractivity contribution in [1.29, 1.82) is 0 Å². The van der Waals surface area contributed by atoms with E-state index in [2.05, 4.69) is 10.6 Å². The lowest BCUT2D eigenvalue weighted by Crippen LogP contribution is -2.32. The largest absolute Gasteiger partial charge is 0.492 e. The van der Waals surface area contributed by atoms with Crippen molar-refractivity contribution in [2.24, 2.45) is 0 Å². The van der Waals surface area contributed by atoms with Gasteiger partial charge in [0.15, 0.2) is 5.76 Å². The van der Waals surface area contributed by atoms with E-state index < -0.39 is 0 Å². The molecule has 0 aliphatic carbocycles. The molecule has 1 aromatic heterocycles. The van der Waals surface area contributed by atoms with E-state index in [4.69, 9.17) is 9.15 Å². The van der Waals surface area contributed by atoms with Gasteiger partial charge in [-0.15, -0.1) is 0 Å².